The van der Waals surface area contributed by atoms with E-state index in [0.717, 1.165) is 19.3 Å². The minimum absolute atomic E-state index is 0.277. The lowest BCUT2D eigenvalue weighted by molar-refractivity contribution is 0.511. The summed E-state index contributed by atoms with van der Waals surface area (Å²) in [5.74, 6) is 0.277. The topological polar surface area (TPSA) is 46.2 Å². The standard InChI is InChI=1S/C14H23NO2S/c1-12-6-8-13(9-7-12)11-14(15-2)5-4-10-18(3,16)17/h6-9,14-15H,4-5,10-11H2,1-3H3. The van der Waals surface area contributed by atoms with Crippen molar-refractivity contribution in [1.29, 1.82) is 0 Å². The van der Waals surface area contributed by atoms with E-state index < -0.39 is 9.84 Å². The Kier molecular flexibility index (Phi) is 5.82. The Morgan fingerprint density at radius 3 is 2.33 bits per heavy atom. The molecular formula is C14H23NO2S. The third-order valence-electron chi connectivity index (χ3n) is 3.08. The molecule has 0 aliphatic heterocycles. The summed E-state index contributed by atoms with van der Waals surface area (Å²) in [5.41, 5.74) is 2.55. The van der Waals surface area contributed by atoms with E-state index in [1.165, 1.54) is 17.4 Å². The molecule has 0 aromatic heterocycles. The Balaban J connectivity index is 2.44. The van der Waals surface area contributed by atoms with Gasteiger partial charge < -0.3 is 5.32 Å². The van der Waals surface area contributed by atoms with Gasteiger partial charge in [0, 0.05) is 18.1 Å². The number of hydrogen-bond donors (Lipinski definition) is 1. The first-order valence-electron chi connectivity index (χ1n) is 6.31. The number of sulfone groups is 1. The number of benzene rings is 1. The van der Waals surface area contributed by atoms with Crippen LogP contribution in [0.3, 0.4) is 0 Å². The van der Waals surface area contributed by atoms with Crippen molar-refractivity contribution in [1.82, 2.24) is 5.32 Å². The van der Waals surface area contributed by atoms with E-state index in [2.05, 4.69) is 36.5 Å². The highest BCUT2D eigenvalue weighted by atomic mass is 32.2. The molecule has 0 spiro atoms. The number of hydrogen-bond acceptors (Lipinski definition) is 3. The van der Waals surface area contributed by atoms with Crippen LogP contribution < -0.4 is 5.32 Å². The normalized spacial score (nSPS) is 13.5. The average Bonchev–Trinajstić information content (AvgIpc) is 2.29. The zero-order chi connectivity index (χ0) is 13.6. The van der Waals surface area contributed by atoms with Crippen molar-refractivity contribution < 1.29 is 8.42 Å². The summed E-state index contributed by atoms with van der Waals surface area (Å²) in [6.45, 7) is 2.07. The van der Waals surface area contributed by atoms with Gasteiger partial charge in [-0.25, -0.2) is 8.42 Å². The third kappa shape index (κ3) is 6.17. The summed E-state index contributed by atoms with van der Waals surface area (Å²) < 4.78 is 22.2. The zero-order valence-corrected chi connectivity index (χ0v) is 12.3. The van der Waals surface area contributed by atoms with E-state index in [0.29, 0.717) is 6.04 Å². The molecule has 0 amide bonds. The molecule has 18 heavy (non-hydrogen) atoms. The van der Waals surface area contributed by atoms with E-state index in [9.17, 15) is 8.42 Å². The first kappa shape index (κ1) is 15.2. The summed E-state index contributed by atoms with van der Waals surface area (Å²) in [7, 11) is -0.904. The molecule has 1 aromatic carbocycles. The maximum Gasteiger partial charge on any atom is 0.147 e. The fourth-order valence-corrected chi connectivity index (χ4v) is 2.64. The predicted octanol–water partition coefficient (Wildman–Crippen LogP) is 1.95. The second-order valence-corrected chi connectivity index (χ2v) is 7.21. The Hall–Kier alpha value is -0.870. The van der Waals surface area contributed by atoms with Gasteiger partial charge >= 0.3 is 0 Å². The van der Waals surface area contributed by atoms with Crippen molar-refractivity contribution in [2.75, 3.05) is 19.1 Å². The highest BCUT2D eigenvalue weighted by molar-refractivity contribution is 7.90. The Morgan fingerprint density at radius 1 is 1.22 bits per heavy atom. The largest absolute Gasteiger partial charge is 0.317 e. The van der Waals surface area contributed by atoms with Crippen molar-refractivity contribution in [2.45, 2.75) is 32.2 Å². The summed E-state index contributed by atoms with van der Waals surface area (Å²) in [5, 5.41) is 3.26. The van der Waals surface area contributed by atoms with Crippen LogP contribution in [-0.2, 0) is 16.3 Å². The molecular weight excluding hydrogens is 246 g/mol. The molecule has 0 aliphatic carbocycles. The van der Waals surface area contributed by atoms with Crippen LogP contribution in [-0.4, -0.2) is 33.5 Å². The first-order valence-corrected chi connectivity index (χ1v) is 8.37. The lowest BCUT2D eigenvalue weighted by Gasteiger charge is -2.16. The van der Waals surface area contributed by atoms with Gasteiger partial charge in [-0.3, -0.25) is 0 Å². The Labute approximate surface area is 111 Å². The van der Waals surface area contributed by atoms with Gasteiger partial charge in [-0.15, -0.1) is 0 Å². The van der Waals surface area contributed by atoms with E-state index >= 15 is 0 Å². The van der Waals surface area contributed by atoms with Crippen LogP contribution in [0.25, 0.3) is 0 Å². The Bertz CT molecular complexity index is 451. The number of rotatable bonds is 7. The van der Waals surface area contributed by atoms with Gasteiger partial charge in [0.05, 0.1) is 0 Å². The molecule has 0 radical (unpaired) electrons. The van der Waals surface area contributed by atoms with Crippen molar-refractivity contribution in [3.05, 3.63) is 35.4 Å². The van der Waals surface area contributed by atoms with Crippen LogP contribution in [0.15, 0.2) is 24.3 Å². The van der Waals surface area contributed by atoms with Gasteiger partial charge in [0.25, 0.3) is 0 Å². The molecule has 0 bridgehead atoms. The smallest absolute Gasteiger partial charge is 0.147 e. The highest BCUT2D eigenvalue weighted by Crippen LogP contribution is 2.09. The monoisotopic (exact) mass is 269 g/mol. The third-order valence-corrected chi connectivity index (χ3v) is 4.11. The summed E-state index contributed by atoms with van der Waals surface area (Å²) >= 11 is 0. The Morgan fingerprint density at radius 2 is 1.83 bits per heavy atom. The lowest BCUT2D eigenvalue weighted by atomic mass is 10.0. The molecule has 0 heterocycles. The minimum atomic E-state index is -2.83. The van der Waals surface area contributed by atoms with Crippen LogP contribution in [0.5, 0.6) is 0 Å². The SMILES string of the molecule is CNC(CCCS(C)(=O)=O)Cc1ccc(C)cc1. The molecule has 1 atom stereocenters. The van der Waals surface area contributed by atoms with Gasteiger partial charge in [0.15, 0.2) is 0 Å². The second kappa shape index (κ2) is 6.90. The van der Waals surface area contributed by atoms with Crippen molar-refractivity contribution in [2.24, 2.45) is 0 Å². The molecule has 0 saturated heterocycles. The number of nitrogens with one attached hydrogen (secondary N) is 1. The maximum atomic E-state index is 11.1. The van der Waals surface area contributed by atoms with E-state index in [1.54, 1.807) is 0 Å². The van der Waals surface area contributed by atoms with Gasteiger partial charge in [-0.2, -0.15) is 0 Å². The van der Waals surface area contributed by atoms with Crippen molar-refractivity contribution in [3.63, 3.8) is 0 Å². The first-order chi connectivity index (χ1) is 8.40. The summed E-state index contributed by atoms with van der Waals surface area (Å²) in [4.78, 5) is 0. The molecule has 0 saturated carbocycles. The number of aryl methyl sites for hydroxylation is 1. The van der Waals surface area contributed by atoms with Crippen LogP contribution in [0, 0.1) is 6.92 Å². The molecule has 0 fully saturated rings. The fraction of sp³-hybridized carbons (Fsp3) is 0.571. The molecule has 4 heteroatoms. The lowest BCUT2D eigenvalue weighted by Crippen LogP contribution is -2.28. The van der Waals surface area contributed by atoms with Crippen LogP contribution >= 0.6 is 0 Å². The summed E-state index contributed by atoms with van der Waals surface area (Å²) in [6.07, 6.45) is 3.84. The fourth-order valence-electron chi connectivity index (χ4n) is 1.95. The van der Waals surface area contributed by atoms with Gasteiger partial charge in [-0.05, 0) is 38.8 Å². The van der Waals surface area contributed by atoms with E-state index in [4.69, 9.17) is 0 Å². The molecule has 1 aromatic rings. The predicted molar refractivity (Wildman–Crippen MR) is 76.7 cm³/mol. The van der Waals surface area contributed by atoms with Crippen LogP contribution in [0.4, 0.5) is 0 Å². The second-order valence-electron chi connectivity index (χ2n) is 4.95. The van der Waals surface area contributed by atoms with Crippen LogP contribution in [0.1, 0.15) is 24.0 Å². The van der Waals surface area contributed by atoms with Gasteiger partial charge in [0.1, 0.15) is 9.84 Å². The maximum absolute atomic E-state index is 11.1. The molecule has 3 nitrogen and oxygen atoms in total. The summed E-state index contributed by atoms with van der Waals surface area (Å²) in [6, 6.07) is 8.83. The van der Waals surface area contributed by atoms with Crippen LogP contribution in [0.2, 0.25) is 0 Å². The molecule has 1 unspecified atom stereocenters. The van der Waals surface area contributed by atoms with Crippen molar-refractivity contribution in [3.8, 4) is 0 Å². The van der Waals surface area contributed by atoms with Crippen molar-refractivity contribution >= 4 is 9.84 Å². The highest BCUT2D eigenvalue weighted by Gasteiger charge is 2.09. The average molecular weight is 269 g/mol. The zero-order valence-electron chi connectivity index (χ0n) is 11.4. The molecule has 0 aliphatic rings. The minimum Gasteiger partial charge on any atom is -0.317 e. The number of likely N-dealkylation sites (N-methyl/N-ethyl adjacent to an activating group) is 1. The van der Waals surface area contributed by atoms with Gasteiger partial charge in [0.2, 0.25) is 0 Å². The van der Waals surface area contributed by atoms with E-state index in [1.807, 2.05) is 7.05 Å². The molecule has 1 rings (SSSR count). The molecule has 1 N–H and O–H groups in total. The van der Waals surface area contributed by atoms with E-state index in [-0.39, 0.29) is 5.75 Å². The van der Waals surface area contributed by atoms with Gasteiger partial charge in [-0.1, -0.05) is 29.8 Å². The quantitative estimate of drug-likeness (QED) is 0.823. The molecule has 102 valence electrons.